The minimum absolute atomic E-state index is 0. The Morgan fingerprint density at radius 2 is 2.00 bits per heavy atom. The van der Waals surface area contributed by atoms with Crippen LogP contribution in [0.5, 0.6) is 5.88 Å². The third-order valence-corrected chi connectivity index (χ3v) is 4.27. The minimum atomic E-state index is -4.40. The SMILES string of the molecule is I.NC(=NCc1ccnc(OCC(F)(F)F)c1)Nc1cccc2c1CCCC2. The normalized spacial score (nSPS) is 14.0. The average molecular weight is 506 g/mol. The molecule has 28 heavy (non-hydrogen) atoms. The molecule has 0 saturated heterocycles. The number of alkyl halides is 3. The number of halogens is 4. The minimum Gasteiger partial charge on any atom is -0.468 e. The number of nitrogens with zero attached hydrogens (tertiary/aromatic N) is 2. The van der Waals surface area contributed by atoms with Crippen LogP contribution in [-0.4, -0.2) is 23.7 Å². The molecule has 0 spiro atoms. The molecule has 0 fully saturated rings. The number of nitrogens with two attached hydrogens (primary N) is 1. The highest BCUT2D eigenvalue weighted by atomic mass is 127. The van der Waals surface area contributed by atoms with E-state index in [-0.39, 0.29) is 42.4 Å². The Labute approximate surface area is 178 Å². The lowest BCUT2D eigenvalue weighted by molar-refractivity contribution is -0.154. The first-order valence-electron chi connectivity index (χ1n) is 8.73. The Bertz CT molecular complexity index is 827. The largest absolute Gasteiger partial charge is 0.468 e. The molecule has 3 rings (SSSR count). The Hall–Kier alpha value is -2.04. The van der Waals surface area contributed by atoms with Crippen LogP contribution in [0.25, 0.3) is 0 Å². The van der Waals surface area contributed by atoms with Crippen LogP contribution in [0.3, 0.4) is 0 Å². The fourth-order valence-corrected chi connectivity index (χ4v) is 3.04. The van der Waals surface area contributed by atoms with Gasteiger partial charge in [-0.25, -0.2) is 9.98 Å². The summed E-state index contributed by atoms with van der Waals surface area (Å²) in [6, 6.07) is 9.18. The summed E-state index contributed by atoms with van der Waals surface area (Å²) in [5, 5.41) is 3.13. The molecular formula is C19H22F3IN4O. The molecule has 0 unspecified atom stereocenters. The van der Waals surface area contributed by atoms with Gasteiger partial charge in [0, 0.05) is 18.0 Å². The zero-order chi connectivity index (χ0) is 19.3. The molecule has 5 nitrogen and oxygen atoms in total. The molecule has 0 atom stereocenters. The van der Waals surface area contributed by atoms with Crippen LogP contribution in [0.4, 0.5) is 18.9 Å². The maximum Gasteiger partial charge on any atom is 0.422 e. The summed E-state index contributed by atoms with van der Waals surface area (Å²) in [6.07, 6.45) is 1.41. The van der Waals surface area contributed by atoms with Gasteiger partial charge in [0.25, 0.3) is 0 Å². The van der Waals surface area contributed by atoms with Gasteiger partial charge in [-0.2, -0.15) is 13.2 Å². The fourth-order valence-electron chi connectivity index (χ4n) is 3.04. The lowest BCUT2D eigenvalue weighted by atomic mass is 9.90. The fraction of sp³-hybridized carbons (Fsp3) is 0.368. The summed E-state index contributed by atoms with van der Waals surface area (Å²) in [5.74, 6) is 0.159. The summed E-state index contributed by atoms with van der Waals surface area (Å²) >= 11 is 0. The molecule has 1 aromatic heterocycles. The van der Waals surface area contributed by atoms with E-state index in [4.69, 9.17) is 5.73 Å². The molecule has 1 aliphatic rings. The summed E-state index contributed by atoms with van der Waals surface area (Å²) in [4.78, 5) is 8.03. The Balaban J connectivity index is 0.00000280. The molecule has 1 aliphatic carbocycles. The Kier molecular flexibility index (Phi) is 7.90. The number of hydrogen-bond donors (Lipinski definition) is 2. The summed E-state index contributed by atoms with van der Waals surface area (Å²) in [5.41, 5.74) is 10.2. The molecule has 3 N–H and O–H groups in total. The molecule has 1 heterocycles. The van der Waals surface area contributed by atoms with Crippen LogP contribution in [0, 0.1) is 0 Å². The first-order valence-corrected chi connectivity index (χ1v) is 8.73. The average Bonchev–Trinajstić information content (AvgIpc) is 2.65. The lowest BCUT2D eigenvalue weighted by Crippen LogP contribution is -2.24. The van der Waals surface area contributed by atoms with E-state index < -0.39 is 12.8 Å². The highest BCUT2D eigenvalue weighted by Gasteiger charge is 2.28. The molecule has 0 amide bonds. The molecular weight excluding hydrogens is 484 g/mol. The predicted molar refractivity (Wildman–Crippen MR) is 113 cm³/mol. The van der Waals surface area contributed by atoms with Gasteiger partial charge in [-0.3, -0.25) is 0 Å². The number of pyridine rings is 1. The first kappa shape index (κ1) is 22.3. The van der Waals surface area contributed by atoms with Crippen molar-refractivity contribution in [2.75, 3.05) is 11.9 Å². The van der Waals surface area contributed by atoms with Gasteiger partial charge < -0.3 is 15.8 Å². The van der Waals surface area contributed by atoms with Crippen LogP contribution >= 0.6 is 24.0 Å². The van der Waals surface area contributed by atoms with Crippen molar-refractivity contribution in [3.8, 4) is 5.88 Å². The van der Waals surface area contributed by atoms with Crippen LogP contribution in [0.2, 0.25) is 0 Å². The Morgan fingerprint density at radius 1 is 1.21 bits per heavy atom. The van der Waals surface area contributed by atoms with E-state index in [9.17, 15) is 13.2 Å². The van der Waals surface area contributed by atoms with Crippen molar-refractivity contribution < 1.29 is 17.9 Å². The van der Waals surface area contributed by atoms with Crippen molar-refractivity contribution >= 4 is 35.6 Å². The summed E-state index contributed by atoms with van der Waals surface area (Å²) in [6.45, 7) is -1.17. The topological polar surface area (TPSA) is 72.5 Å². The first-order chi connectivity index (χ1) is 12.9. The third-order valence-electron chi connectivity index (χ3n) is 4.27. The molecule has 2 aromatic rings. The second-order valence-corrected chi connectivity index (χ2v) is 6.38. The highest BCUT2D eigenvalue weighted by molar-refractivity contribution is 14.0. The number of aromatic nitrogens is 1. The zero-order valence-electron chi connectivity index (χ0n) is 15.1. The van der Waals surface area contributed by atoms with Gasteiger partial charge in [0.2, 0.25) is 5.88 Å². The monoisotopic (exact) mass is 506 g/mol. The Morgan fingerprint density at radius 3 is 2.79 bits per heavy atom. The van der Waals surface area contributed by atoms with E-state index in [1.807, 2.05) is 12.1 Å². The van der Waals surface area contributed by atoms with E-state index in [0.29, 0.717) is 5.56 Å². The van der Waals surface area contributed by atoms with Crippen molar-refractivity contribution in [3.63, 3.8) is 0 Å². The molecule has 152 valence electrons. The second-order valence-electron chi connectivity index (χ2n) is 6.38. The van der Waals surface area contributed by atoms with Crippen LogP contribution in [0.15, 0.2) is 41.5 Å². The van der Waals surface area contributed by atoms with Crippen molar-refractivity contribution in [1.29, 1.82) is 0 Å². The molecule has 0 radical (unpaired) electrons. The number of aryl methyl sites for hydroxylation is 1. The standard InChI is InChI=1S/C19H21F3N4O.HI/c20-19(21,22)12-27-17-10-13(8-9-24-17)11-25-18(23)26-16-7-3-5-14-4-1-2-6-15(14)16;/h3,5,7-10H,1-2,4,6,11-12H2,(H3,23,25,26);1H. The van der Waals surface area contributed by atoms with Gasteiger partial charge in [-0.15, -0.1) is 24.0 Å². The quantitative estimate of drug-likeness (QED) is 0.357. The zero-order valence-corrected chi connectivity index (χ0v) is 17.5. The van der Waals surface area contributed by atoms with Crippen molar-refractivity contribution in [2.45, 2.75) is 38.4 Å². The molecule has 0 saturated carbocycles. The molecule has 0 aliphatic heterocycles. The van der Waals surface area contributed by atoms with E-state index in [1.54, 1.807) is 6.07 Å². The van der Waals surface area contributed by atoms with Gasteiger partial charge in [0.15, 0.2) is 12.6 Å². The number of nitrogens with one attached hydrogen (secondary N) is 1. The van der Waals surface area contributed by atoms with Gasteiger partial charge in [-0.1, -0.05) is 12.1 Å². The van der Waals surface area contributed by atoms with Gasteiger partial charge in [-0.05, 0) is 54.5 Å². The van der Waals surface area contributed by atoms with Gasteiger partial charge in [0.1, 0.15) is 0 Å². The van der Waals surface area contributed by atoms with Crippen LogP contribution in [0.1, 0.15) is 29.5 Å². The van der Waals surface area contributed by atoms with Gasteiger partial charge in [0.05, 0.1) is 6.54 Å². The summed E-state index contributed by atoms with van der Waals surface area (Å²) < 4.78 is 41.3. The number of hydrogen-bond acceptors (Lipinski definition) is 3. The molecule has 9 heteroatoms. The van der Waals surface area contributed by atoms with Crippen molar-refractivity contribution in [1.82, 2.24) is 4.98 Å². The lowest BCUT2D eigenvalue weighted by Gasteiger charge is -2.19. The van der Waals surface area contributed by atoms with Crippen molar-refractivity contribution in [2.24, 2.45) is 10.7 Å². The molecule has 1 aromatic carbocycles. The van der Waals surface area contributed by atoms with E-state index in [2.05, 4.69) is 26.1 Å². The number of benzene rings is 1. The van der Waals surface area contributed by atoms with Crippen LogP contribution in [-0.2, 0) is 19.4 Å². The number of fused-ring (bicyclic) bond motifs is 1. The number of guanidine groups is 1. The maximum absolute atomic E-state index is 12.2. The molecule has 0 bridgehead atoms. The van der Waals surface area contributed by atoms with E-state index in [1.165, 1.54) is 29.8 Å². The van der Waals surface area contributed by atoms with E-state index >= 15 is 0 Å². The number of aliphatic imine (C=N–C) groups is 1. The second kappa shape index (κ2) is 9.94. The number of rotatable bonds is 5. The highest BCUT2D eigenvalue weighted by Crippen LogP contribution is 2.27. The third kappa shape index (κ3) is 6.54. The maximum atomic E-state index is 12.2. The predicted octanol–water partition coefficient (Wildman–Crippen LogP) is 4.45. The summed E-state index contributed by atoms with van der Waals surface area (Å²) in [7, 11) is 0. The van der Waals surface area contributed by atoms with Crippen LogP contribution < -0.4 is 15.8 Å². The van der Waals surface area contributed by atoms with Gasteiger partial charge >= 0.3 is 6.18 Å². The number of ether oxygens (including phenoxy) is 1. The number of anilines is 1. The van der Waals surface area contributed by atoms with Crippen molar-refractivity contribution in [3.05, 3.63) is 53.2 Å². The van der Waals surface area contributed by atoms with E-state index in [0.717, 1.165) is 24.9 Å². The smallest absolute Gasteiger partial charge is 0.422 e.